The normalized spacial score (nSPS) is 16.2. The number of aryl methyl sites for hydroxylation is 1. The Balaban J connectivity index is 0.00000129. The largest absolute Gasteiger partial charge is 0.350 e. The van der Waals surface area contributed by atoms with E-state index in [1.54, 1.807) is 16.2 Å². The molecule has 0 aliphatic carbocycles. The number of thiazole rings is 1. The number of benzene rings is 1. The third-order valence-electron chi connectivity index (χ3n) is 5.94. The average molecular weight is 474 g/mol. The van der Waals surface area contributed by atoms with Crippen molar-refractivity contribution in [2.45, 2.75) is 87.7 Å². The number of nitrogens with zero attached hydrogens (tertiary/aromatic N) is 2. The zero-order valence-corrected chi connectivity index (χ0v) is 22.8. The van der Waals surface area contributed by atoms with E-state index in [0.717, 1.165) is 29.7 Å². The summed E-state index contributed by atoms with van der Waals surface area (Å²) in [5.74, 6) is -0.0857. The molecule has 1 fully saturated rings. The summed E-state index contributed by atoms with van der Waals surface area (Å²) in [4.78, 5) is 32.9. The number of carbonyl (C=O) groups is 2. The molecule has 5 nitrogen and oxygen atoms in total. The average Bonchev–Trinajstić information content (AvgIpc) is 3.48. The molecule has 1 aromatic carbocycles. The van der Waals surface area contributed by atoms with E-state index in [9.17, 15) is 9.59 Å². The Morgan fingerprint density at radius 2 is 1.76 bits per heavy atom. The summed E-state index contributed by atoms with van der Waals surface area (Å²) in [6.07, 6.45) is 1.61. The van der Waals surface area contributed by atoms with Crippen molar-refractivity contribution in [3.63, 3.8) is 0 Å². The molecule has 0 radical (unpaired) electrons. The van der Waals surface area contributed by atoms with E-state index >= 15 is 0 Å². The third-order valence-corrected chi connectivity index (χ3v) is 6.91. The van der Waals surface area contributed by atoms with Crippen molar-refractivity contribution in [3.05, 3.63) is 41.0 Å². The molecule has 2 atom stereocenters. The minimum absolute atomic E-state index is 0.0562. The van der Waals surface area contributed by atoms with E-state index in [0.29, 0.717) is 13.1 Å². The molecular weight excluding hydrogens is 430 g/mol. The lowest BCUT2D eigenvalue weighted by molar-refractivity contribution is -0.143. The first kappa shape index (κ1) is 28.8. The summed E-state index contributed by atoms with van der Waals surface area (Å²) in [6, 6.07) is 7.85. The van der Waals surface area contributed by atoms with E-state index < -0.39 is 0 Å². The number of nitrogens with one attached hydrogen (secondary N) is 1. The van der Waals surface area contributed by atoms with Gasteiger partial charge in [0.25, 0.3) is 0 Å². The van der Waals surface area contributed by atoms with Crippen LogP contribution in [0.25, 0.3) is 10.4 Å². The first-order chi connectivity index (χ1) is 15.7. The highest BCUT2D eigenvalue weighted by Gasteiger charge is 2.38. The van der Waals surface area contributed by atoms with Crippen LogP contribution in [0.4, 0.5) is 0 Å². The SMILES string of the molecule is CC.CC.Cc1ncsc1-c1ccc(CNC(=O)[C@@H]2CCCN2C(=O)C(C)C(C)(C)C)cc1. The maximum absolute atomic E-state index is 12.9. The molecular formula is C27H43N3O2S. The minimum atomic E-state index is -0.355. The van der Waals surface area contributed by atoms with Gasteiger partial charge in [0, 0.05) is 19.0 Å². The molecule has 0 saturated carbocycles. The molecule has 1 unspecified atom stereocenters. The first-order valence-electron chi connectivity index (χ1n) is 12.3. The van der Waals surface area contributed by atoms with Gasteiger partial charge in [-0.1, -0.05) is 79.7 Å². The van der Waals surface area contributed by atoms with E-state index in [2.05, 4.69) is 43.2 Å². The lowest BCUT2D eigenvalue weighted by atomic mass is 9.81. The van der Waals surface area contributed by atoms with Crippen molar-refractivity contribution in [1.29, 1.82) is 0 Å². The molecule has 6 heteroatoms. The van der Waals surface area contributed by atoms with Gasteiger partial charge in [-0.25, -0.2) is 4.98 Å². The third kappa shape index (κ3) is 7.66. The van der Waals surface area contributed by atoms with Gasteiger partial charge in [-0.05, 0) is 36.3 Å². The Morgan fingerprint density at radius 3 is 2.27 bits per heavy atom. The molecule has 2 aromatic rings. The summed E-state index contributed by atoms with van der Waals surface area (Å²) >= 11 is 1.63. The molecule has 0 spiro atoms. The number of carbonyl (C=O) groups excluding carboxylic acids is 2. The second-order valence-corrected chi connectivity index (χ2v) is 9.81. The fourth-order valence-corrected chi connectivity index (χ4v) is 4.39. The second-order valence-electron chi connectivity index (χ2n) is 8.96. The van der Waals surface area contributed by atoms with Gasteiger partial charge in [0.05, 0.1) is 16.1 Å². The summed E-state index contributed by atoms with van der Waals surface area (Å²) in [6.45, 7) is 19.3. The number of likely N-dealkylation sites (tertiary alicyclic amines) is 1. The maximum atomic E-state index is 12.9. The molecule has 1 aliphatic rings. The van der Waals surface area contributed by atoms with Crippen molar-refractivity contribution >= 4 is 23.2 Å². The molecule has 3 rings (SSSR count). The summed E-state index contributed by atoms with van der Waals surface area (Å²) in [5.41, 5.74) is 4.96. The number of hydrogen-bond donors (Lipinski definition) is 1. The number of hydrogen-bond acceptors (Lipinski definition) is 4. The van der Waals surface area contributed by atoms with Crippen molar-refractivity contribution < 1.29 is 9.59 Å². The van der Waals surface area contributed by atoms with Gasteiger partial charge in [0.2, 0.25) is 11.8 Å². The van der Waals surface area contributed by atoms with Gasteiger partial charge in [-0.3, -0.25) is 9.59 Å². The van der Waals surface area contributed by atoms with Crippen LogP contribution in [0.2, 0.25) is 0 Å². The van der Waals surface area contributed by atoms with Gasteiger partial charge >= 0.3 is 0 Å². The number of amides is 2. The minimum Gasteiger partial charge on any atom is -0.350 e. The fraction of sp³-hybridized carbons (Fsp3) is 0.593. The topological polar surface area (TPSA) is 62.3 Å². The highest BCUT2D eigenvalue weighted by Crippen LogP contribution is 2.30. The highest BCUT2D eigenvalue weighted by molar-refractivity contribution is 7.13. The smallest absolute Gasteiger partial charge is 0.243 e. The van der Waals surface area contributed by atoms with Gasteiger partial charge < -0.3 is 10.2 Å². The number of aromatic nitrogens is 1. The maximum Gasteiger partial charge on any atom is 0.243 e. The van der Waals surface area contributed by atoms with Gasteiger partial charge in [0.15, 0.2) is 0 Å². The summed E-state index contributed by atoms with van der Waals surface area (Å²) < 4.78 is 0. The van der Waals surface area contributed by atoms with Gasteiger partial charge in [-0.2, -0.15) is 0 Å². The lowest BCUT2D eigenvalue weighted by Gasteiger charge is -2.32. The standard InChI is InChI=1S/C23H31N3O2S.2C2H6/c1-15(23(3,4)5)22(28)26-12-6-7-19(26)21(27)24-13-17-8-10-18(11-9-17)20-16(2)25-14-29-20;2*1-2/h8-11,14-15,19H,6-7,12-13H2,1-5H3,(H,24,27);2*1-2H3/t15?,19-;;/m0../s1. The number of rotatable bonds is 5. The predicted molar refractivity (Wildman–Crippen MR) is 140 cm³/mol. The van der Waals surface area contributed by atoms with Crippen LogP contribution in [0.3, 0.4) is 0 Å². The Labute approximate surface area is 205 Å². The van der Waals surface area contributed by atoms with Gasteiger partial charge in [-0.15, -0.1) is 11.3 Å². The molecule has 184 valence electrons. The predicted octanol–water partition coefficient (Wildman–Crippen LogP) is 6.46. The van der Waals surface area contributed by atoms with Crippen LogP contribution >= 0.6 is 11.3 Å². The van der Waals surface area contributed by atoms with Crippen molar-refractivity contribution in [3.8, 4) is 10.4 Å². The van der Waals surface area contributed by atoms with E-state index in [4.69, 9.17) is 0 Å². The quantitative estimate of drug-likeness (QED) is 0.542. The lowest BCUT2D eigenvalue weighted by Crippen LogP contribution is -2.49. The molecule has 1 saturated heterocycles. The van der Waals surface area contributed by atoms with Crippen molar-refractivity contribution in [1.82, 2.24) is 15.2 Å². The first-order valence-corrected chi connectivity index (χ1v) is 13.1. The zero-order valence-electron chi connectivity index (χ0n) is 22.0. The van der Waals surface area contributed by atoms with Crippen molar-refractivity contribution in [2.24, 2.45) is 11.3 Å². The Kier molecular flexibility index (Phi) is 11.8. The van der Waals surface area contributed by atoms with E-state index in [-0.39, 0.29) is 29.2 Å². The molecule has 2 heterocycles. The summed E-state index contributed by atoms with van der Waals surface area (Å²) in [5, 5.41) is 3.03. The van der Waals surface area contributed by atoms with Crippen LogP contribution in [-0.4, -0.2) is 34.3 Å². The summed E-state index contributed by atoms with van der Waals surface area (Å²) in [7, 11) is 0. The van der Waals surface area contributed by atoms with E-state index in [1.807, 2.05) is 59.2 Å². The van der Waals surface area contributed by atoms with Crippen LogP contribution in [-0.2, 0) is 16.1 Å². The molecule has 33 heavy (non-hydrogen) atoms. The zero-order chi connectivity index (χ0) is 25.2. The highest BCUT2D eigenvalue weighted by atomic mass is 32.1. The van der Waals surface area contributed by atoms with Crippen LogP contribution in [0.5, 0.6) is 0 Å². The molecule has 2 amide bonds. The van der Waals surface area contributed by atoms with Crippen LogP contribution in [0, 0.1) is 18.3 Å². The second kappa shape index (κ2) is 13.5. The Hall–Kier alpha value is -2.21. The van der Waals surface area contributed by atoms with Crippen LogP contribution in [0.1, 0.15) is 79.5 Å². The van der Waals surface area contributed by atoms with E-state index in [1.165, 1.54) is 4.88 Å². The Bertz CT molecular complexity index is 868. The van der Waals surface area contributed by atoms with Crippen LogP contribution in [0.15, 0.2) is 29.8 Å². The Morgan fingerprint density at radius 1 is 1.15 bits per heavy atom. The van der Waals surface area contributed by atoms with Gasteiger partial charge in [0.1, 0.15) is 6.04 Å². The molecule has 1 aliphatic heterocycles. The van der Waals surface area contributed by atoms with Crippen LogP contribution < -0.4 is 5.32 Å². The molecule has 0 bridgehead atoms. The molecule has 1 aromatic heterocycles. The molecule has 1 N–H and O–H groups in total. The fourth-order valence-electron chi connectivity index (χ4n) is 3.58. The van der Waals surface area contributed by atoms with Crippen molar-refractivity contribution in [2.75, 3.05) is 6.54 Å². The monoisotopic (exact) mass is 473 g/mol.